The van der Waals surface area contributed by atoms with E-state index in [1.165, 1.54) is 57.8 Å². The van der Waals surface area contributed by atoms with Crippen LogP contribution >= 0.6 is 0 Å². The van der Waals surface area contributed by atoms with Crippen molar-refractivity contribution in [1.29, 1.82) is 0 Å². The fourth-order valence-electron chi connectivity index (χ4n) is 9.30. The number of fused-ring (bicyclic) bond motifs is 5. The van der Waals surface area contributed by atoms with Gasteiger partial charge in [-0.25, -0.2) is 0 Å². The van der Waals surface area contributed by atoms with Crippen molar-refractivity contribution in [3.63, 3.8) is 0 Å². The van der Waals surface area contributed by atoms with Crippen molar-refractivity contribution < 1.29 is 5.11 Å². The average Bonchev–Trinajstić information content (AvgIpc) is 3.06. The van der Waals surface area contributed by atoms with E-state index in [-0.39, 0.29) is 6.10 Å². The summed E-state index contributed by atoms with van der Waals surface area (Å²) in [5, 5.41) is 10.2. The van der Waals surface area contributed by atoms with E-state index in [9.17, 15) is 5.11 Å². The van der Waals surface area contributed by atoms with Gasteiger partial charge in [-0.1, -0.05) is 66.0 Å². The number of rotatable bonds is 6. The Balaban J connectivity index is 1.47. The Labute approximate surface area is 187 Å². The monoisotopic (exact) mass is 414 g/mol. The van der Waals surface area contributed by atoms with Crippen molar-refractivity contribution in [2.24, 2.45) is 52.3 Å². The molecule has 0 radical (unpaired) electrons. The van der Waals surface area contributed by atoms with Crippen LogP contribution in [0.15, 0.2) is 11.6 Å². The van der Waals surface area contributed by atoms with Gasteiger partial charge in [0, 0.05) is 0 Å². The van der Waals surface area contributed by atoms with Crippen LogP contribution in [0, 0.1) is 52.3 Å². The molecule has 1 N–H and O–H groups in total. The zero-order valence-corrected chi connectivity index (χ0v) is 20.9. The highest BCUT2D eigenvalue weighted by atomic mass is 16.3. The molecule has 3 saturated carbocycles. The van der Waals surface area contributed by atoms with Crippen molar-refractivity contribution in [2.75, 3.05) is 0 Å². The summed E-state index contributed by atoms with van der Waals surface area (Å²) in [6.07, 6.45) is 17.1. The quantitative estimate of drug-likeness (QED) is 0.436. The Kier molecular flexibility index (Phi) is 6.53. The van der Waals surface area contributed by atoms with Gasteiger partial charge in [-0.2, -0.15) is 0 Å². The van der Waals surface area contributed by atoms with E-state index >= 15 is 0 Å². The Hall–Kier alpha value is -0.300. The molecule has 0 saturated heterocycles. The van der Waals surface area contributed by atoms with Crippen LogP contribution < -0.4 is 0 Å². The maximum atomic E-state index is 10.2. The minimum atomic E-state index is -0.0794. The molecule has 0 aliphatic heterocycles. The molecule has 8 unspecified atom stereocenters. The molecule has 0 aromatic heterocycles. The van der Waals surface area contributed by atoms with Gasteiger partial charge in [-0.3, -0.25) is 0 Å². The van der Waals surface area contributed by atoms with Crippen LogP contribution in [0.25, 0.3) is 0 Å². The summed E-state index contributed by atoms with van der Waals surface area (Å²) in [5.74, 6) is 6.31. The molecule has 4 aliphatic rings. The molecule has 1 nitrogen and oxygen atoms in total. The van der Waals surface area contributed by atoms with Gasteiger partial charge in [0.2, 0.25) is 0 Å². The van der Waals surface area contributed by atoms with Gasteiger partial charge in [0.15, 0.2) is 0 Å². The first kappa shape index (κ1) is 22.9. The van der Waals surface area contributed by atoms with E-state index in [1.54, 1.807) is 5.57 Å². The number of aliphatic hydroxyl groups excluding tert-OH is 1. The zero-order valence-electron chi connectivity index (χ0n) is 20.9. The second-order valence-electron chi connectivity index (χ2n) is 12.9. The highest BCUT2D eigenvalue weighted by Crippen LogP contribution is 2.67. The van der Waals surface area contributed by atoms with Gasteiger partial charge < -0.3 is 5.11 Å². The van der Waals surface area contributed by atoms with E-state index in [4.69, 9.17) is 0 Å². The van der Waals surface area contributed by atoms with E-state index in [0.717, 1.165) is 54.3 Å². The fraction of sp³-hybridized carbons (Fsp3) is 0.931. The van der Waals surface area contributed by atoms with E-state index < -0.39 is 0 Å². The predicted molar refractivity (Wildman–Crippen MR) is 128 cm³/mol. The molecule has 0 amide bonds. The molecule has 0 spiro atoms. The Morgan fingerprint density at radius 2 is 1.77 bits per heavy atom. The third kappa shape index (κ3) is 3.74. The van der Waals surface area contributed by atoms with Crippen molar-refractivity contribution in [1.82, 2.24) is 0 Å². The summed E-state index contributed by atoms with van der Waals surface area (Å²) in [7, 11) is 0. The van der Waals surface area contributed by atoms with Gasteiger partial charge in [0.1, 0.15) is 0 Å². The first-order valence-corrected chi connectivity index (χ1v) is 13.6. The number of hydrogen-bond acceptors (Lipinski definition) is 1. The lowest BCUT2D eigenvalue weighted by atomic mass is 9.47. The minimum Gasteiger partial charge on any atom is -0.393 e. The standard InChI is InChI=1S/C29H50O/c1-7-21(19(2)3)9-8-20(4)25-12-13-26-24-11-10-22-18-23(30)14-16-28(22,5)27(24)15-17-29(25,26)6/h10,19-21,23-27,30H,7-9,11-18H2,1-6H3/t20?,21?,23?,24?,25?,26?,27-,28?,29?/m0/s1. The molecule has 1 heteroatoms. The normalized spacial score (nSPS) is 45.3. The maximum absolute atomic E-state index is 10.2. The van der Waals surface area contributed by atoms with Gasteiger partial charge in [-0.15, -0.1) is 0 Å². The van der Waals surface area contributed by atoms with Crippen LogP contribution in [0.5, 0.6) is 0 Å². The molecule has 30 heavy (non-hydrogen) atoms. The number of allylic oxidation sites excluding steroid dienone is 1. The van der Waals surface area contributed by atoms with Crippen LogP contribution in [0.4, 0.5) is 0 Å². The van der Waals surface area contributed by atoms with E-state index in [0.29, 0.717) is 10.8 Å². The average molecular weight is 415 g/mol. The summed E-state index contributed by atoms with van der Waals surface area (Å²) in [6, 6.07) is 0. The molecule has 4 aliphatic carbocycles. The largest absolute Gasteiger partial charge is 0.393 e. The molecule has 0 bridgehead atoms. The van der Waals surface area contributed by atoms with Gasteiger partial charge in [0.25, 0.3) is 0 Å². The van der Waals surface area contributed by atoms with E-state index in [1.807, 2.05) is 0 Å². The summed E-state index contributed by atoms with van der Waals surface area (Å²) < 4.78 is 0. The molecular weight excluding hydrogens is 364 g/mol. The second-order valence-corrected chi connectivity index (χ2v) is 12.9. The van der Waals surface area contributed by atoms with Crippen LogP contribution in [0.3, 0.4) is 0 Å². The lowest BCUT2D eigenvalue weighted by Gasteiger charge is -2.58. The number of aliphatic hydroxyl groups is 1. The molecule has 172 valence electrons. The molecule has 4 rings (SSSR count). The first-order chi connectivity index (χ1) is 14.2. The molecule has 0 heterocycles. The topological polar surface area (TPSA) is 20.2 Å². The van der Waals surface area contributed by atoms with Crippen LogP contribution in [0.2, 0.25) is 0 Å². The van der Waals surface area contributed by atoms with Crippen molar-refractivity contribution in [2.45, 2.75) is 118 Å². The summed E-state index contributed by atoms with van der Waals surface area (Å²) in [6.45, 7) is 15.1. The van der Waals surface area contributed by atoms with Gasteiger partial charge in [-0.05, 0) is 110 Å². The molecular formula is C29H50O. The summed E-state index contributed by atoms with van der Waals surface area (Å²) >= 11 is 0. The number of hydrogen-bond donors (Lipinski definition) is 1. The van der Waals surface area contributed by atoms with Crippen molar-refractivity contribution in [3.05, 3.63) is 11.6 Å². The summed E-state index contributed by atoms with van der Waals surface area (Å²) in [5.41, 5.74) is 2.59. The summed E-state index contributed by atoms with van der Waals surface area (Å²) in [4.78, 5) is 0. The second kappa shape index (κ2) is 8.57. The third-order valence-electron chi connectivity index (χ3n) is 11.3. The Morgan fingerprint density at radius 1 is 1.00 bits per heavy atom. The first-order valence-electron chi connectivity index (χ1n) is 13.6. The van der Waals surface area contributed by atoms with Gasteiger partial charge >= 0.3 is 0 Å². The molecule has 9 atom stereocenters. The zero-order chi connectivity index (χ0) is 21.7. The predicted octanol–water partition coefficient (Wildman–Crippen LogP) is 8.02. The van der Waals surface area contributed by atoms with E-state index in [2.05, 4.69) is 47.6 Å². The molecule has 3 fully saturated rings. The Bertz CT molecular complexity index is 634. The third-order valence-corrected chi connectivity index (χ3v) is 11.3. The SMILES string of the molecule is CCC(CCC(C)C1CCC2C3CC=C4CC(O)CCC4(C)[C@H]3CCC12C)C(C)C. The lowest BCUT2D eigenvalue weighted by Crippen LogP contribution is -2.50. The van der Waals surface area contributed by atoms with Crippen LogP contribution in [-0.4, -0.2) is 11.2 Å². The lowest BCUT2D eigenvalue weighted by molar-refractivity contribution is -0.0575. The van der Waals surface area contributed by atoms with Crippen molar-refractivity contribution >= 4 is 0 Å². The Morgan fingerprint density at radius 3 is 2.47 bits per heavy atom. The maximum Gasteiger partial charge on any atom is 0.0577 e. The highest BCUT2D eigenvalue weighted by molar-refractivity contribution is 5.25. The smallest absolute Gasteiger partial charge is 0.0577 e. The highest BCUT2D eigenvalue weighted by Gasteiger charge is 2.59. The van der Waals surface area contributed by atoms with Crippen LogP contribution in [-0.2, 0) is 0 Å². The van der Waals surface area contributed by atoms with Gasteiger partial charge in [0.05, 0.1) is 6.10 Å². The van der Waals surface area contributed by atoms with Crippen molar-refractivity contribution in [3.8, 4) is 0 Å². The molecule has 0 aromatic rings. The fourth-order valence-corrected chi connectivity index (χ4v) is 9.30. The minimum absolute atomic E-state index is 0.0794. The molecule has 0 aromatic carbocycles. The van der Waals surface area contributed by atoms with Crippen LogP contribution in [0.1, 0.15) is 112 Å².